The summed E-state index contributed by atoms with van der Waals surface area (Å²) in [6.45, 7) is 6.09. The third kappa shape index (κ3) is 3.08. The number of thioether (sulfide) groups is 1. The molecule has 0 aliphatic carbocycles. The Balaban J connectivity index is 1.45. The van der Waals surface area contributed by atoms with Crippen molar-refractivity contribution in [2.24, 2.45) is 0 Å². The molecular weight excluding hydrogens is 244 g/mol. The predicted molar refractivity (Wildman–Crippen MR) is 75.8 cm³/mol. The molecule has 0 atom stereocenters. The summed E-state index contributed by atoms with van der Waals surface area (Å²) in [5.41, 5.74) is 1.24. The summed E-state index contributed by atoms with van der Waals surface area (Å²) in [7, 11) is 0. The van der Waals surface area contributed by atoms with Crippen LogP contribution in [0.1, 0.15) is 18.5 Å². The van der Waals surface area contributed by atoms with Gasteiger partial charge in [0.25, 0.3) is 0 Å². The molecule has 5 heteroatoms. The highest BCUT2D eigenvalue weighted by atomic mass is 32.2. The topological polar surface area (TPSA) is 35.2 Å². The van der Waals surface area contributed by atoms with Crippen molar-refractivity contribution in [3.8, 4) is 0 Å². The summed E-state index contributed by atoms with van der Waals surface area (Å²) < 4.78 is 0. The molecule has 0 aromatic carbocycles. The maximum atomic E-state index is 4.01. The monoisotopic (exact) mass is 266 g/mol. The molecule has 0 radical (unpaired) electrons. The zero-order chi connectivity index (χ0) is 12.2. The molecule has 0 bridgehead atoms. The summed E-state index contributed by atoms with van der Waals surface area (Å²) in [5, 5.41) is 7.07. The van der Waals surface area contributed by atoms with Crippen molar-refractivity contribution in [3.63, 3.8) is 0 Å². The minimum atomic E-state index is 0.837. The van der Waals surface area contributed by atoms with Crippen LogP contribution in [0.15, 0.2) is 12.3 Å². The average Bonchev–Trinajstić information content (AvgIpc) is 2.94. The molecule has 4 nitrogen and oxygen atoms in total. The molecule has 0 spiro atoms. The van der Waals surface area contributed by atoms with E-state index in [1.807, 2.05) is 6.20 Å². The number of hydrogen-bond acceptors (Lipinski definition) is 4. The summed E-state index contributed by atoms with van der Waals surface area (Å²) >= 11 is 2.10. The lowest BCUT2D eigenvalue weighted by Gasteiger charge is -2.39. The number of hydrogen-bond donors (Lipinski definition) is 1. The Morgan fingerprint density at radius 1 is 1.22 bits per heavy atom. The molecule has 2 saturated heterocycles. The van der Waals surface area contributed by atoms with E-state index >= 15 is 0 Å². The van der Waals surface area contributed by atoms with E-state index in [9.17, 15) is 0 Å². The van der Waals surface area contributed by atoms with Crippen LogP contribution < -0.4 is 0 Å². The van der Waals surface area contributed by atoms with Crippen molar-refractivity contribution < 1.29 is 0 Å². The third-order valence-corrected chi connectivity index (χ3v) is 5.01. The van der Waals surface area contributed by atoms with E-state index in [1.54, 1.807) is 0 Å². The molecular formula is C13H22N4S. The molecule has 3 heterocycles. The third-order valence-electron chi connectivity index (χ3n) is 4.07. The van der Waals surface area contributed by atoms with E-state index in [2.05, 4.69) is 37.8 Å². The van der Waals surface area contributed by atoms with Crippen molar-refractivity contribution in [2.45, 2.75) is 25.4 Å². The number of aromatic nitrogens is 2. The lowest BCUT2D eigenvalue weighted by molar-refractivity contribution is 0.112. The highest BCUT2D eigenvalue weighted by Crippen LogP contribution is 2.21. The van der Waals surface area contributed by atoms with E-state index in [0.717, 1.165) is 12.6 Å². The summed E-state index contributed by atoms with van der Waals surface area (Å²) in [5.74, 6) is 2.66. The van der Waals surface area contributed by atoms with E-state index in [-0.39, 0.29) is 0 Å². The molecule has 0 saturated carbocycles. The number of piperidine rings is 1. The fourth-order valence-electron chi connectivity index (χ4n) is 3.00. The van der Waals surface area contributed by atoms with Crippen LogP contribution in [-0.2, 0) is 6.54 Å². The predicted octanol–water partition coefficient (Wildman–Crippen LogP) is 1.42. The molecule has 2 fully saturated rings. The van der Waals surface area contributed by atoms with Gasteiger partial charge >= 0.3 is 0 Å². The van der Waals surface area contributed by atoms with E-state index in [4.69, 9.17) is 0 Å². The number of aromatic amines is 1. The Morgan fingerprint density at radius 3 is 2.67 bits per heavy atom. The maximum Gasteiger partial charge on any atom is 0.0492 e. The minimum Gasteiger partial charge on any atom is -0.299 e. The van der Waals surface area contributed by atoms with E-state index in [0.29, 0.717) is 0 Å². The zero-order valence-corrected chi connectivity index (χ0v) is 11.7. The van der Waals surface area contributed by atoms with Gasteiger partial charge in [0, 0.05) is 62.2 Å². The second kappa shape index (κ2) is 6.08. The van der Waals surface area contributed by atoms with Crippen LogP contribution in [0.2, 0.25) is 0 Å². The van der Waals surface area contributed by atoms with Gasteiger partial charge in [-0.05, 0) is 18.9 Å². The van der Waals surface area contributed by atoms with Crippen LogP contribution in [0.5, 0.6) is 0 Å². The SMILES string of the molecule is c1cc(CN2CCC(N3CCSCC3)CC2)[nH]n1. The van der Waals surface area contributed by atoms with Gasteiger partial charge in [-0.3, -0.25) is 14.9 Å². The van der Waals surface area contributed by atoms with Crippen LogP contribution in [0.25, 0.3) is 0 Å². The van der Waals surface area contributed by atoms with Crippen LogP contribution >= 0.6 is 11.8 Å². The van der Waals surface area contributed by atoms with E-state index < -0.39 is 0 Å². The van der Waals surface area contributed by atoms with Crippen molar-refractivity contribution in [1.29, 1.82) is 0 Å². The van der Waals surface area contributed by atoms with Crippen LogP contribution in [0, 0.1) is 0 Å². The highest BCUT2D eigenvalue weighted by Gasteiger charge is 2.25. The molecule has 100 valence electrons. The average molecular weight is 266 g/mol. The summed E-state index contributed by atoms with van der Waals surface area (Å²) in [4.78, 5) is 5.26. The fraction of sp³-hybridized carbons (Fsp3) is 0.769. The Labute approximate surface area is 113 Å². The molecule has 18 heavy (non-hydrogen) atoms. The van der Waals surface area contributed by atoms with Gasteiger partial charge < -0.3 is 0 Å². The molecule has 0 amide bonds. The zero-order valence-electron chi connectivity index (χ0n) is 10.8. The van der Waals surface area contributed by atoms with Gasteiger partial charge in [0.2, 0.25) is 0 Å². The second-order valence-corrected chi connectivity index (χ2v) is 6.46. The summed E-state index contributed by atoms with van der Waals surface area (Å²) in [6, 6.07) is 2.91. The normalized spacial score (nSPS) is 24.4. The number of nitrogens with one attached hydrogen (secondary N) is 1. The Kier molecular flexibility index (Phi) is 4.23. The Morgan fingerprint density at radius 2 is 2.00 bits per heavy atom. The van der Waals surface area contributed by atoms with Crippen molar-refractivity contribution in [1.82, 2.24) is 20.0 Å². The second-order valence-electron chi connectivity index (χ2n) is 5.24. The first kappa shape index (κ1) is 12.5. The van der Waals surface area contributed by atoms with Gasteiger partial charge in [-0.15, -0.1) is 0 Å². The first-order valence-corrected chi connectivity index (χ1v) is 8.10. The minimum absolute atomic E-state index is 0.837. The number of nitrogens with zero attached hydrogens (tertiary/aromatic N) is 3. The summed E-state index contributed by atoms with van der Waals surface area (Å²) in [6.07, 6.45) is 4.51. The van der Waals surface area contributed by atoms with Gasteiger partial charge in [0.05, 0.1) is 0 Å². The quantitative estimate of drug-likeness (QED) is 0.897. The molecule has 1 N–H and O–H groups in total. The first-order chi connectivity index (χ1) is 8.92. The molecule has 1 aromatic heterocycles. The molecule has 2 aliphatic heterocycles. The number of rotatable bonds is 3. The van der Waals surface area contributed by atoms with Gasteiger partial charge in [0.15, 0.2) is 0 Å². The van der Waals surface area contributed by atoms with Gasteiger partial charge in [-0.1, -0.05) is 0 Å². The fourth-order valence-corrected chi connectivity index (χ4v) is 3.93. The van der Waals surface area contributed by atoms with Crippen molar-refractivity contribution >= 4 is 11.8 Å². The van der Waals surface area contributed by atoms with E-state index in [1.165, 1.54) is 56.2 Å². The smallest absolute Gasteiger partial charge is 0.0492 e. The first-order valence-electron chi connectivity index (χ1n) is 6.94. The van der Waals surface area contributed by atoms with Gasteiger partial charge in [-0.2, -0.15) is 16.9 Å². The number of H-pyrrole nitrogens is 1. The molecule has 2 aliphatic rings. The van der Waals surface area contributed by atoms with Crippen LogP contribution in [0.4, 0.5) is 0 Å². The van der Waals surface area contributed by atoms with Crippen molar-refractivity contribution in [2.75, 3.05) is 37.7 Å². The largest absolute Gasteiger partial charge is 0.299 e. The molecule has 3 rings (SSSR count). The van der Waals surface area contributed by atoms with Crippen molar-refractivity contribution in [3.05, 3.63) is 18.0 Å². The maximum absolute atomic E-state index is 4.01. The molecule has 0 unspecified atom stereocenters. The lowest BCUT2D eigenvalue weighted by atomic mass is 10.0. The van der Waals surface area contributed by atoms with Gasteiger partial charge in [-0.25, -0.2) is 0 Å². The number of likely N-dealkylation sites (tertiary alicyclic amines) is 1. The lowest BCUT2D eigenvalue weighted by Crippen LogP contribution is -2.47. The Bertz CT molecular complexity index is 340. The van der Waals surface area contributed by atoms with Crippen LogP contribution in [0.3, 0.4) is 0 Å². The Hall–Kier alpha value is -0.520. The highest BCUT2D eigenvalue weighted by molar-refractivity contribution is 7.99. The van der Waals surface area contributed by atoms with Gasteiger partial charge in [0.1, 0.15) is 0 Å². The molecule has 1 aromatic rings. The van der Waals surface area contributed by atoms with Crippen LogP contribution in [-0.4, -0.2) is 63.7 Å². The standard InChI is InChI=1S/C13H22N4S/c1-4-14-15-12(1)11-16-5-2-13(3-6-16)17-7-9-18-10-8-17/h1,4,13H,2-3,5-11H2,(H,14,15).